The van der Waals surface area contributed by atoms with Gasteiger partial charge in [0.1, 0.15) is 11.1 Å². The summed E-state index contributed by atoms with van der Waals surface area (Å²) >= 11 is 3.00. The maximum atomic E-state index is 12.5. The molecule has 1 aliphatic carbocycles. The average molecular weight is 439 g/mol. The number of nitriles is 1. The van der Waals surface area contributed by atoms with Gasteiger partial charge in [0.05, 0.1) is 11.3 Å². The van der Waals surface area contributed by atoms with E-state index in [1.165, 1.54) is 16.6 Å². The zero-order chi connectivity index (χ0) is 21.1. The van der Waals surface area contributed by atoms with E-state index in [1.54, 1.807) is 16.0 Å². The molecule has 0 saturated heterocycles. The topological polar surface area (TPSA) is 96.5 Å². The highest BCUT2D eigenvalue weighted by Crippen LogP contribution is 2.37. The van der Waals surface area contributed by atoms with Crippen molar-refractivity contribution in [2.45, 2.75) is 51.1 Å². The Labute approximate surface area is 183 Å². The van der Waals surface area contributed by atoms with Crippen LogP contribution in [0.5, 0.6) is 0 Å². The van der Waals surface area contributed by atoms with E-state index < -0.39 is 0 Å². The molecule has 4 rings (SSSR count). The van der Waals surface area contributed by atoms with Crippen molar-refractivity contribution in [3.05, 3.63) is 45.3 Å². The number of amides is 1. The number of benzene rings is 1. The van der Waals surface area contributed by atoms with E-state index in [1.807, 2.05) is 32.0 Å². The smallest absolute Gasteiger partial charge is 0.225 e. The van der Waals surface area contributed by atoms with Crippen molar-refractivity contribution in [2.75, 3.05) is 11.1 Å². The molecule has 7 nitrogen and oxygen atoms in total. The number of fused-ring (bicyclic) bond motifs is 1. The number of nitrogens with zero attached hydrogens (tertiary/aromatic N) is 5. The number of hydrogen-bond acceptors (Lipinski definition) is 7. The van der Waals surface area contributed by atoms with Crippen molar-refractivity contribution in [1.82, 2.24) is 20.2 Å². The van der Waals surface area contributed by atoms with Gasteiger partial charge in [0.15, 0.2) is 0 Å². The normalized spacial score (nSPS) is 13.0. The van der Waals surface area contributed by atoms with Crippen LogP contribution in [0, 0.1) is 25.2 Å². The number of hydrogen-bond donors (Lipinski definition) is 1. The summed E-state index contributed by atoms with van der Waals surface area (Å²) in [5, 5.41) is 25.9. The Hall–Kier alpha value is -2.70. The maximum absolute atomic E-state index is 12.5. The Balaban J connectivity index is 1.40. The first-order valence-corrected chi connectivity index (χ1v) is 11.7. The van der Waals surface area contributed by atoms with Crippen LogP contribution in [-0.2, 0) is 17.6 Å². The molecular weight excluding hydrogens is 416 g/mol. The van der Waals surface area contributed by atoms with E-state index in [-0.39, 0.29) is 5.91 Å². The quantitative estimate of drug-likeness (QED) is 0.579. The van der Waals surface area contributed by atoms with Crippen molar-refractivity contribution in [3.63, 3.8) is 0 Å². The van der Waals surface area contributed by atoms with Crippen LogP contribution in [0.3, 0.4) is 0 Å². The largest absolute Gasteiger partial charge is 0.317 e. The average Bonchev–Trinajstić information content (AvgIpc) is 3.32. The number of rotatable bonds is 6. The molecule has 154 valence electrons. The third-order valence-electron chi connectivity index (χ3n) is 5.19. The van der Waals surface area contributed by atoms with Crippen LogP contribution in [0.25, 0.3) is 5.69 Å². The maximum Gasteiger partial charge on any atom is 0.225 e. The lowest BCUT2D eigenvalue weighted by Crippen LogP contribution is -2.12. The highest BCUT2D eigenvalue weighted by molar-refractivity contribution is 7.99. The molecule has 0 saturated carbocycles. The minimum Gasteiger partial charge on any atom is -0.317 e. The summed E-state index contributed by atoms with van der Waals surface area (Å²) < 4.78 is 1.73. The molecule has 1 aliphatic rings. The van der Waals surface area contributed by atoms with Crippen LogP contribution >= 0.6 is 23.1 Å². The number of anilines is 1. The molecule has 9 heteroatoms. The van der Waals surface area contributed by atoms with Crippen molar-refractivity contribution >= 4 is 34.0 Å². The second-order valence-electron chi connectivity index (χ2n) is 7.29. The fourth-order valence-corrected chi connectivity index (χ4v) is 5.82. The van der Waals surface area contributed by atoms with Gasteiger partial charge >= 0.3 is 0 Å². The zero-order valence-corrected chi connectivity index (χ0v) is 18.6. The van der Waals surface area contributed by atoms with Crippen LogP contribution in [-0.4, -0.2) is 31.9 Å². The Morgan fingerprint density at radius 2 is 2.07 bits per heavy atom. The van der Waals surface area contributed by atoms with Crippen LogP contribution in [0.2, 0.25) is 0 Å². The summed E-state index contributed by atoms with van der Waals surface area (Å²) in [6.45, 7) is 4.05. The molecular formula is C21H22N6OS2. The van der Waals surface area contributed by atoms with Crippen molar-refractivity contribution < 1.29 is 4.79 Å². The third kappa shape index (κ3) is 4.11. The van der Waals surface area contributed by atoms with E-state index >= 15 is 0 Å². The van der Waals surface area contributed by atoms with E-state index in [9.17, 15) is 10.1 Å². The van der Waals surface area contributed by atoms with Gasteiger partial charge < -0.3 is 5.32 Å². The first kappa shape index (κ1) is 20.6. The molecule has 0 radical (unpaired) electrons. The summed E-state index contributed by atoms with van der Waals surface area (Å²) in [4.78, 5) is 13.7. The fourth-order valence-electron chi connectivity index (χ4n) is 3.75. The Morgan fingerprint density at radius 1 is 1.30 bits per heavy atom. The molecule has 1 amide bonds. The molecule has 1 N–H and O–H groups in total. The summed E-state index contributed by atoms with van der Waals surface area (Å²) in [5.74, 6) is 0.452. The molecule has 2 aromatic heterocycles. The van der Waals surface area contributed by atoms with Crippen LogP contribution in [0.1, 0.15) is 46.4 Å². The standard InChI is InChI=1S/C21H22N6OS2/c1-13-6-5-7-14(2)19(13)27-21(24-25-26-27)29-11-10-18(28)23-20-16(12-22)15-8-3-4-9-17(15)30-20/h5-7H,3-4,8-11H2,1-2H3,(H,23,28). The lowest BCUT2D eigenvalue weighted by atomic mass is 9.96. The number of aryl methyl sites for hydroxylation is 3. The molecule has 30 heavy (non-hydrogen) atoms. The van der Waals surface area contributed by atoms with Gasteiger partial charge in [0.25, 0.3) is 0 Å². The molecule has 0 spiro atoms. The number of thioether (sulfide) groups is 1. The van der Waals surface area contributed by atoms with Gasteiger partial charge in [-0.05, 0) is 66.6 Å². The number of para-hydroxylation sites is 1. The van der Waals surface area contributed by atoms with Gasteiger partial charge in [-0.2, -0.15) is 9.94 Å². The second-order valence-corrected chi connectivity index (χ2v) is 9.45. The molecule has 0 aliphatic heterocycles. The lowest BCUT2D eigenvalue weighted by molar-refractivity contribution is -0.115. The molecule has 0 unspecified atom stereocenters. The summed E-state index contributed by atoms with van der Waals surface area (Å²) in [7, 11) is 0. The fraction of sp³-hybridized carbons (Fsp3) is 0.381. The Morgan fingerprint density at radius 3 is 2.83 bits per heavy atom. The van der Waals surface area contributed by atoms with E-state index in [2.05, 4.69) is 26.9 Å². The van der Waals surface area contributed by atoms with E-state index in [0.717, 1.165) is 48.1 Å². The SMILES string of the molecule is Cc1cccc(C)c1-n1nnnc1SCCC(=O)Nc1sc2c(c1C#N)CCCC2. The number of carbonyl (C=O) groups is 1. The van der Waals surface area contributed by atoms with Gasteiger partial charge in [0, 0.05) is 17.1 Å². The van der Waals surface area contributed by atoms with Crippen molar-refractivity contribution in [1.29, 1.82) is 5.26 Å². The minimum atomic E-state index is -0.0938. The van der Waals surface area contributed by atoms with Crippen molar-refractivity contribution in [2.24, 2.45) is 0 Å². The number of tetrazole rings is 1. The Kier molecular flexibility index (Phi) is 6.16. The third-order valence-corrected chi connectivity index (χ3v) is 7.32. The zero-order valence-electron chi connectivity index (χ0n) is 16.9. The lowest BCUT2D eigenvalue weighted by Gasteiger charge is -2.10. The van der Waals surface area contributed by atoms with E-state index in [4.69, 9.17) is 0 Å². The molecule has 1 aromatic carbocycles. The predicted octanol–water partition coefficient (Wildman–Crippen LogP) is 4.21. The van der Waals surface area contributed by atoms with Gasteiger partial charge in [-0.15, -0.1) is 16.4 Å². The number of aromatic nitrogens is 4. The molecule has 0 bridgehead atoms. The monoisotopic (exact) mass is 438 g/mol. The van der Waals surface area contributed by atoms with Gasteiger partial charge in [-0.3, -0.25) is 4.79 Å². The second kappa shape index (κ2) is 8.98. The summed E-state index contributed by atoms with van der Waals surface area (Å²) in [6.07, 6.45) is 4.51. The first-order valence-electron chi connectivity index (χ1n) is 9.90. The number of carbonyl (C=O) groups excluding carboxylic acids is 1. The van der Waals surface area contributed by atoms with E-state index in [0.29, 0.717) is 27.9 Å². The van der Waals surface area contributed by atoms with Gasteiger partial charge in [-0.25, -0.2) is 0 Å². The number of nitrogens with one attached hydrogen (secondary N) is 1. The van der Waals surface area contributed by atoms with Crippen LogP contribution in [0.4, 0.5) is 5.00 Å². The van der Waals surface area contributed by atoms with Gasteiger partial charge in [-0.1, -0.05) is 30.0 Å². The molecule has 0 atom stereocenters. The molecule has 0 fully saturated rings. The summed E-state index contributed by atoms with van der Waals surface area (Å²) in [5.41, 5.74) is 4.93. The minimum absolute atomic E-state index is 0.0938. The first-order chi connectivity index (χ1) is 14.6. The summed E-state index contributed by atoms with van der Waals surface area (Å²) in [6, 6.07) is 8.35. The predicted molar refractivity (Wildman–Crippen MR) is 118 cm³/mol. The molecule has 3 aromatic rings. The highest BCUT2D eigenvalue weighted by Gasteiger charge is 2.22. The van der Waals surface area contributed by atoms with Gasteiger partial charge in [0.2, 0.25) is 11.1 Å². The Bertz CT molecular complexity index is 1110. The highest BCUT2D eigenvalue weighted by atomic mass is 32.2. The number of thiophene rings is 1. The van der Waals surface area contributed by atoms with Crippen molar-refractivity contribution in [3.8, 4) is 11.8 Å². The van der Waals surface area contributed by atoms with Crippen LogP contribution in [0.15, 0.2) is 23.4 Å². The van der Waals surface area contributed by atoms with Crippen LogP contribution < -0.4 is 5.32 Å². The molecule has 2 heterocycles.